The Kier molecular flexibility index (Phi) is 3.82. The molecule has 0 saturated carbocycles. The minimum atomic E-state index is 0.273. The van der Waals surface area contributed by atoms with Crippen LogP contribution < -0.4 is 0 Å². The molecule has 0 N–H and O–H groups in total. The van der Waals surface area contributed by atoms with Gasteiger partial charge in [0.1, 0.15) is 0 Å². The Morgan fingerprint density at radius 3 is 2.35 bits per heavy atom. The van der Waals surface area contributed by atoms with E-state index in [9.17, 15) is 4.79 Å². The molecule has 1 aromatic carbocycles. The summed E-state index contributed by atoms with van der Waals surface area (Å²) in [6.07, 6.45) is 1.79. The van der Waals surface area contributed by atoms with Crippen LogP contribution in [0, 0.1) is 11.8 Å². The highest BCUT2D eigenvalue weighted by Crippen LogP contribution is 2.21. The molecule has 1 aliphatic rings. The molecule has 17 heavy (non-hydrogen) atoms. The molecule has 1 aromatic rings. The maximum atomic E-state index is 12.2. The first kappa shape index (κ1) is 12.2. The van der Waals surface area contributed by atoms with E-state index in [1.165, 1.54) is 6.42 Å². The first-order valence-electron chi connectivity index (χ1n) is 6.47. The number of piperidine rings is 1. The van der Waals surface area contributed by atoms with Gasteiger partial charge < -0.3 is 4.90 Å². The standard InChI is InChI=1S/C15H21NO/c1-12-8-13(2)11-16(10-12)15(17)9-14-6-4-3-5-7-14/h3-7,12-13H,8-11H2,1-2H3. The molecule has 1 heterocycles. The SMILES string of the molecule is CC1CC(C)CN(C(=O)Cc2ccccc2)C1. The van der Waals surface area contributed by atoms with Gasteiger partial charge >= 0.3 is 0 Å². The van der Waals surface area contributed by atoms with Gasteiger partial charge in [-0.25, -0.2) is 0 Å². The van der Waals surface area contributed by atoms with Gasteiger partial charge in [0.2, 0.25) is 5.91 Å². The number of hydrogen-bond donors (Lipinski definition) is 0. The molecule has 0 radical (unpaired) electrons. The van der Waals surface area contributed by atoms with Crippen LogP contribution >= 0.6 is 0 Å². The second-order valence-corrected chi connectivity index (χ2v) is 5.41. The molecule has 0 aromatic heterocycles. The van der Waals surface area contributed by atoms with Gasteiger partial charge in [-0.2, -0.15) is 0 Å². The summed E-state index contributed by atoms with van der Waals surface area (Å²) in [5, 5.41) is 0. The number of amides is 1. The van der Waals surface area contributed by atoms with Crippen molar-refractivity contribution in [3.63, 3.8) is 0 Å². The van der Waals surface area contributed by atoms with E-state index in [1.807, 2.05) is 35.2 Å². The van der Waals surface area contributed by atoms with Crippen molar-refractivity contribution in [1.82, 2.24) is 4.90 Å². The van der Waals surface area contributed by atoms with E-state index in [1.54, 1.807) is 0 Å². The molecule has 1 aliphatic heterocycles. The number of benzene rings is 1. The summed E-state index contributed by atoms with van der Waals surface area (Å²) >= 11 is 0. The average Bonchev–Trinajstić information content (AvgIpc) is 2.29. The van der Waals surface area contributed by atoms with Crippen LogP contribution in [0.2, 0.25) is 0 Å². The minimum absolute atomic E-state index is 0.273. The van der Waals surface area contributed by atoms with Crippen molar-refractivity contribution >= 4 is 5.91 Å². The van der Waals surface area contributed by atoms with Gasteiger partial charge in [-0.05, 0) is 23.8 Å². The van der Waals surface area contributed by atoms with E-state index in [2.05, 4.69) is 13.8 Å². The topological polar surface area (TPSA) is 20.3 Å². The molecule has 2 rings (SSSR count). The van der Waals surface area contributed by atoms with Crippen molar-refractivity contribution in [2.45, 2.75) is 26.7 Å². The van der Waals surface area contributed by atoms with Gasteiger partial charge in [0.15, 0.2) is 0 Å². The number of carbonyl (C=O) groups is 1. The van der Waals surface area contributed by atoms with Gasteiger partial charge in [0.05, 0.1) is 6.42 Å². The van der Waals surface area contributed by atoms with Crippen LogP contribution in [0.4, 0.5) is 0 Å². The highest BCUT2D eigenvalue weighted by atomic mass is 16.2. The third-order valence-corrected chi connectivity index (χ3v) is 3.42. The normalized spacial score (nSPS) is 24.7. The first-order valence-corrected chi connectivity index (χ1v) is 6.47. The highest BCUT2D eigenvalue weighted by molar-refractivity contribution is 5.78. The Morgan fingerprint density at radius 1 is 1.18 bits per heavy atom. The number of nitrogens with zero attached hydrogens (tertiary/aromatic N) is 1. The molecule has 2 nitrogen and oxygen atoms in total. The first-order chi connectivity index (χ1) is 8.15. The van der Waals surface area contributed by atoms with E-state index >= 15 is 0 Å². The monoisotopic (exact) mass is 231 g/mol. The Bertz CT molecular complexity index is 364. The van der Waals surface area contributed by atoms with Crippen LogP contribution in [-0.2, 0) is 11.2 Å². The summed E-state index contributed by atoms with van der Waals surface area (Å²) in [7, 11) is 0. The molecule has 0 bridgehead atoms. The summed E-state index contributed by atoms with van der Waals surface area (Å²) in [5.41, 5.74) is 1.11. The zero-order valence-corrected chi connectivity index (χ0v) is 10.7. The van der Waals surface area contributed by atoms with Crippen LogP contribution in [0.15, 0.2) is 30.3 Å². The molecule has 1 saturated heterocycles. The van der Waals surface area contributed by atoms with Crippen LogP contribution in [0.25, 0.3) is 0 Å². The third-order valence-electron chi connectivity index (χ3n) is 3.42. The summed E-state index contributed by atoms with van der Waals surface area (Å²) in [6, 6.07) is 10.0. The Labute approximate surface area is 104 Å². The van der Waals surface area contributed by atoms with Crippen LogP contribution in [-0.4, -0.2) is 23.9 Å². The van der Waals surface area contributed by atoms with E-state index in [0.717, 1.165) is 18.7 Å². The zero-order valence-electron chi connectivity index (χ0n) is 10.7. The maximum absolute atomic E-state index is 12.2. The van der Waals surface area contributed by atoms with E-state index in [0.29, 0.717) is 18.3 Å². The molecular weight excluding hydrogens is 210 g/mol. The molecule has 0 spiro atoms. The second kappa shape index (κ2) is 5.35. The van der Waals surface area contributed by atoms with Crippen LogP contribution in [0.5, 0.6) is 0 Å². The van der Waals surface area contributed by atoms with Gasteiger partial charge in [-0.3, -0.25) is 4.79 Å². The average molecular weight is 231 g/mol. The number of rotatable bonds is 2. The van der Waals surface area contributed by atoms with E-state index in [-0.39, 0.29) is 5.91 Å². The molecule has 2 heteroatoms. The molecule has 92 valence electrons. The largest absolute Gasteiger partial charge is 0.342 e. The lowest BCUT2D eigenvalue weighted by molar-refractivity contribution is -0.133. The maximum Gasteiger partial charge on any atom is 0.227 e. The molecule has 2 atom stereocenters. The van der Waals surface area contributed by atoms with Crippen LogP contribution in [0.3, 0.4) is 0 Å². The lowest BCUT2D eigenvalue weighted by Gasteiger charge is -2.35. The van der Waals surface area contributed by atoms with E-state index in [4.69, 9.17) is 0 Å². The van der Waals surface area contributed by atoms with Gasteiger partial charge in [0.25, 0.3) is 0 Å². The molecule has 2 unspecified atom stereocenters. The fourth-order valence-electron chi connectivity index (χ4n) is 2.75. The smallest absolute Gasteiger partial charge is 0.227 e. The predicted molar refractivity (Wildman–Crippen MR) is 69.7 cm³/mol. The van der Waals surface area contributed by atoms with Crippen molar-refractivity contribution < 1.29 is 4.79 Å². The van der Waals surface area contributed by atoms with Crippen molar-refractivity contribution in [2.75, 3.05) is 13.1 Å². The number of likely N-dealkylation sites (tertiary alicyclic amines) is 1. The Balaban J connectivity index is 1.96. The molecule has 0 aliphatic carbocycles. The fraction of sp³-hybridized carbons (Fsp3) is 0.533. The second-order valence-electron chi connectivity index (χ2n) is 5.41. The molecular formula is C15H21NO. The lowest BCUT2D eigenvalue weighted by Crippen LogP contribution is -2.43. The van der Waals surface area contributed by atoms with Crippen molar-refractivity contribution in [2.24, 2.45) is 11.8 Å². The van der Waals surface area contributed by atoms with Crippen molar-refractivity contribution in [1.29, 1.82) is 0 Å². The highest BCUT2D eigenvalue weighted by Gasteiger charge is 2.25. The minimum Gasteiger partial charge on any atom is -0.342 e. The third kappa shape index (κ3) is 3.32. The summed E-state index contributed by atoms with van der Waals surface area (Å²) in [5.74, 6) is 1.55. The predicted octanol–water partition coefficient (Wildman–Crippen LogP) is 2.73. The van der Waals surface area contributed by atoms with E-state index < -0.39 is 0 Å². The fourth-order valence-corrected chi connectivity index (χ4v) is 2.75. The lowest BCUT2D eigenvalue weighted by atomic mass is 9.91. The quantitative estimate of drug-likeness (QED) is 0.766. The van der Waals surface area contributed by atoms with Crippen LogP contribution in [0.1, 0.15) is 25.8 Å². The number of carbonyl (C=O) groups excluding carboxylic acids is 1. The summed E-state index contributed by atoms with van der Waals surface area (Å²) in [6.45, 7) is 6.32. The van der Waals surface area contributed by atoms with Crippen molar-refractivity contribution in [3.8, 4) is 0 Å². The summed E-state index contributed by atoms with van der Waals surface area (Å²) in [4.78, 5) is 14.2. The van der Waals surface area contributed by atoms with Gasteiger partial charge in [-0.1, -0.05) is 44.2 Å². The van der Waals surface area contributed by atoms with Gasteiger partial charge in [0, 0.05) is 13.1 Å². The Morgan fingerprint density at radius 2 is 1.76 bits per heavy atom. The Hall–Kier alpha value is -1.31. The van der Waals surface area contributed by atoms with Crippen molar-refractivity contribution in [3.05, 3.63) is 35.9 Å². The zero-order chi connectivity index (χ0) is 12.3. The summed E-state index contributed by atoms with van der Waals surface area (Å²) < 4.78 is 0. The molecule has 1 fully saturated rings. The number of hydrogen-bond acceptors (Lipinski definition) is 1. The molecule has 1 amide bonds. The van der Waals surface area contributed by atoms with Gasteiger partial charge in [-0.15, -0.1) is 0 Å².